The summed E-state index contributed by atoms with van der Waals surface area (Å²) in [5.41, 5.74) is 2.25. The molecule has 0 bridgehead atoms. The van der Waals surface area contributed by atoms with Gasteiger partial charge in [-0.1, -0.05) is 0 Å². The Bertz CT molecular complexity index is 916. The minimum absolute atomic E-state index is 0.330. The van der Waals surface area contributed by atoms with E-state index in [1.807, 2.05) is 0 Å². The number of nitrogens with one attached hydrogen (secondary N) is 2. The highest BCUT2D eigenvalue weighted by molar-refractivity contribution is 6.00. The van der Waals surface area contributed by atoms with Crippen LogP contribution in [0.1, 0.15) is 24.7 Å². The lowest BCUT2D eigenvalue weighted by Gasteiger charge is -2.05. The normalized spacial score (nSPS) is 14.2. The third-order valence-corrected chi connectivity index (χ3v) is 3.80. The molecule has 1 aliphatic carbocycles. The minimum atomic E-state index is -2.50. The zero-order chi connectivity index (χ0) is 17.4. The second kappa shape index (κ2) is 6.15. The summed E-state index contributed by atoms with van der Waals surface area (Å²) in [6.07, 6.45) is 2.34. The van der Waals surface area contributed by atoms with Crippen LogP contribution in [0.25, 0.3) is 11.1 Å². The summed E-state index contributed by atoms with van der Waals surface area (Å²) in [6.45, 7) is -0.518. The van der Waals surface area contributed by atoms with E-state index in [0.717, 1.165) is 23.4 Å². The molecule has 0 unspecified atom stereocenters. The summed E-state index contributed by atoms with van der Waals surface area (Å²) in [5, 5.41) is 8.97. The number of hydrogen-bond donors (Lipinski definition) is 2. The number of benzene rings is 1. The van der Waals surface area contributed by atoms with E-state index in [1.54, 1.807) is 18.2 Å². The fraction of sp³-hybridized carbons (Fsp3) is 0.312. The van der Waals surface area contributed by atoms with Crippen molar-refractivity contribution < 1.29 is 18.0 Å². The number of amides is 2. The highest BCUT2D eigenvalue weighted by Crippen LogP contribution is 2.40. The molecule has 2 aromatic heterocycles. The van der Waals surface area contributed by atoms with Crippen LogP contribution in [0.5, 0.6) is 0 Å². The lowest BCUT2D eigenvalue weighted by Crippen LogP contribution is -2.19. The van der Waals surface area contributed by atoms with Crippen LogP contribution in [0.3, 0.4) is 0 Å². The van der Waals surface area contributed by atoms with E-state index in [0.29, 0.717) is 28.4 Å². The SMILES string of the molecule is O=C(Nc1ccc2oc(C3CC3)nc2c1)Nc1cnn(CC(F)F)c1. The van der Waals surface area contributed by atoms with Crippen molar-refractivity contribution in [2.75, 3.05) is 10.6 Å². The third-order valence-electron chi connectivity index (χ3n) is 3.80. The number of carbonyl (C=O) groups excluding carboxylic acids is 1. The van der Waals surface area contributed by atoms with E-state index in [4.69, 9.17) is 4.42 Å². The van der Waals surface area contributed by atoms with Crippen LogP contribution in [0.15, 0.2) is 35.0 Å². The van der Waals surface area contributed by atoms with Crippen molar-refractivity contribution in [2.24, 2.45) is 0 Å². The number of alkyl halides is 2. The first-order chi connectivity index (χ1) is 12.1. The molecule has 0 spiro atoms. The average molecular weight is 347 g/mol. The Morgan fingerprint density at radius 2 is 2.12 bits per heavy atom. The quantitative estimate of drug-likeness (QED) is 0.735. The molecule has 1 aliphatic rings. The monoisotopic (exact) mass is 347 g/mol. The maximum atomic E-state index is 12.3. The molecule has 0 atom stereocenters. The number of rotatable bonds is 5. The number of urea groups is 1. The Morgan fingerprint density at radius 3 is 2.88 bits per heavy atom. The smallest absolute Gasteiger partial charge is 0.323 e. The van der Waals surface area contributed by atoms with E-state index in [9.17, 15) is 13.6 Å². The Balaban J connectivity index is 1.41. The van der Waals surface area contributed by atoms with Crippen LogP contribution in [0.4, 0.5) is 25.0 Å². The van der Waals surface area contributed by atoms with Gasteiger partial charge in [-0.2, -0.15) is 5.10 Å². The van der Waals surface area contributed by atoms with Gasteiger partial charge in [0.25, 0.3) is 6.43 Å². The molecule has 2 amide bonds. The maximum Gasteiger partial charge on any atom is 0.323 e. The number of nitrogens with zero attached hydrogens (tertiary/aromatic N) is 3. The number of hydrogen-bond acceptors (Lipinski definition) is 4. The second-order valence-electron chi connectivity index (χ2n) is 5.93. The van der Waals surface area contributed by atoms with Gasteiger partial charge in [0.15, 0.2) is 11.5 Å². The first-order valence-corrected chi connectivity index (χ1v) is 7.86. The third kappa shape index (κ3) is 3.59. The summed E-state index contributed by atoms with van der Waals surface area (Å²) < 4.78 is 31.3. The van der Waals surface area contributed by atoms with Gasteiger partial charge < -0.3 is 15.1 Å². The summed E-state index contributed by atoms with van der Waals surface area (Å²) in [6, 6.07) is 4.70. The minimum Gasteiger partial charge on any atom is -0.440 e. The molecule has 0 aliphatic heterocycles. The molecule has 1 fully saturated rings. The topological polar surface area (TPSA) is 85.0 Å². The van der Waals surface area contributed by atoms with Crippen LogP contribution < -0.4 is 10.6 Å². The van der Waals surface area contributed by atoms with Gasteiger partial charge in [-0.3, -0.25) is 4.68 Å². The summed E-state index contributed by atoms with van der Waals surface area (Å²) in [4.78, 5) is 16.5. The zero-order valence-electron chi connectivity index (χ0n) is 13.1. The van der Waals surface area contributed by atoms with Crippen molar-refractivity contribution in [3.8, 4) is 0 Å². The Hall–Kier alpha value is -2.97. The van der Waals surface area contributed by atoms with Crippen LogP contribution in [-0.2, 0) is 6.54 Å². The summed E-state index contributed by atoms with van der Waals surface area (Å²) in [7, 11) is 0. The van der Waals surface area contributed by atoms with E-state index in [1.165, 1.54) is 12.4 Å². The number of halogens is 2. The number of fused-ring (bicyclic) bond motifs is 1. The molecule has 3 aromatic rings. The van der Waals surface area contributed by atoms with Gasteiger partial charge in [-0.15, -0.1) is 0 Å². The van der Waals surface area contributed by atoms with Crippen LogP contribution in [0.2, 0.25) is 0 Å². The number of anilines is 2. The zero-order valence-corrected chi connectivity index (χ0v) is 13.1. The van der Waals surface area contributed by atoms with Gasteiger partial charge in [0.05, 0.1) is 11.9 Å². The highest BCUT2D eigenvalue weighted by Gasteiger charge is 2.28. The first-order valence-electron chi connectivity index (χ1n) is 7.86. The largest absolute Gasteiger partial charge is 0.440 e. The Labute approximate surface area is 141 Å². The van der Waals surface area contributed by atoms with Gasteiger partial charge in [0.1, 0.15) is 12.1 Å². The van der Waals surface area contributed by atoms with Crippen molar-refractivity contribution in [1.29, 1.82) is 0 Å². The first kappa shape index (κ1) is 15.6. The fourth-order valence-electron chi connectivity index (χ4n) is 2.49. The second-order valence-corrected chi connectivity index (χ2v) is 5.93. The number of oxazole rings is 1. The molecule has 1 aromatic carbocycles. The van der Waals surface area contributed by atoms with Gasteiger partial charge >= 0.3 is 6.03 Å². The molecule has 9 heteroatoms. The molecule has 0 saturated heterocycles. The standard InChI is InChI=1S/C16H15F2N5O2/c17-14(18)8-23-7-11(6-19-23)21-16(24)20-10-3-4-13-12(5-10)22-15(25-13)9-1-2-9/h3-7,9,14H,1-2,8H2,(H2,20,21,24). The number of aromatic nitrogens is 3. The van der Waals surface area contributed by atoms with Gasteiger partial charge in [0.2, 0.25) is 0 Å². The van der Waals surface area contributed by atoms with Crippen molar-refractivity contribution in [2.45, 2.75) is 31.7 Å². The van der Waals surface area contributed by atoms with Crippen molar-refractivity contribution in [1.82, 2.24) is 14.8 Å². The van der Waals surface area contributed by atoms with Crippen molar-refractivity contribution in [3.63, 3.8) is 0 Å². The van der Waals surface area contributed by atoms with Crippen molar-refractivity contribution >= 4 is 28.5 Å². The molecule has 0 radical (unpaired) electrons. The van der Waals surface area contributed by atoms with E-state index in [-0.39, 0.29) is 0 Å². The highest BCUT2D eigenvalue weighted by atomic mass is 19.3. The summed E-state index contributed by atoms with van der Waals surface area (Å²) >= 11 is 0. The van der Waals surface area contributed by atoms with Crippen LogP contribution >= 0.6 is 0 Å². The van der Waals surface area contributed by atoms with Gasteiger partial charge in [-0.25, -0.2) is 18.6 Å². The molecule has 130 valence electrons. The van der Waals surface area contributed by atoms with E-state index >= 15 is 0 Å². The lowest BCUT2D eigenvalue weighted by atomic mass is 10.3. The fourth-order valence-corrected chi connectivity index (χ4v) is 2.49. The molecule has 7 nitrogen and oxygen atoms in total. The molecule has 1 saturated carbocycles. The lowest BCUT2D eigenvalue weighted by molar-refractivity contribution is 0.122. The average Bonchev–Trinajstić information content (AvgIpc) is 3.18. The molecule has 25 heavy (non-hydrogen) atoms. The van der Waals surface area contributed by atoms with E-state index < -0.39 is 19.0 Å². The molecule has 4 rings (SSSR count). The van der Waals surface area contributed by atoms with Gasteiger partial charge in [-0.05, 0) is 31.0 Å². The van der Waals surface area contributed by atoms with Crippen LogP contribution in [-0.4, -0.2) is 27.2 Å². The summed E-state index contributed by atoms with van der Waals surface area (Å²) in [5.74, 6) is 1.15. The van der Waals surface area contributed by atoms with Crippen LogP contribution in [0, 0.1) is 0 Å². The number of carbonyl (C=O) groups is 1. The molecular formula is C16H15F2N5O2. The van der Waals surface area contributed by atoms with Gasteiger partial charge in [0, 0.05) is 17.8 Å². The molecule has 2 heterocycles. The maximum absolute atomic E-state index is 12.3. The Morgan fingerprint density at radius 1 is 1.32 bits per heavy atom. The molecular weight excluding hydrogens is 332 g/mol. The molecule has 2 N–H and O–H groups in total. The predicted octanol–water partition coefficient (Wildman–Crippen LogP) is 3.81. The Kier molecular flexibility index (Phi) is 3.83. The van der Waals surface area contributed by atoms with Crippen molar-refractivity contribution in [3.05, 3.63) is 36.5 Å². The van der Waals surface area contributed by atoms with E-state index in [2.05, 4.69) is 20.7 Å². The predicted molar refractivity (Wildman–Crippen MR) is 86.9 cm³/mol.